The molecule has 2 rings (SSSR count). The van der Waals surface area contributed by atoms with Crippen LogP contribution in [0.3, 0.4) is 0 Å². The highest BCUT2D eigenvalue weighted by atomic mass is 32.1. The van der Waals surface area contributed by atoms with E-state index >= 15 is 0 Å². The number of amides is 1. The normalized spacial score (nSPS) is 11.3. The minimum Gasteiger partial charge on any atom is -0.297 e. The average molecular weight is 319 g/mol. The lowest BCUT2D eigenvalue weighted by atomic mass is 10.1. The molecule has 1 amide bonds. The Kier molecular flexibility index (Phi) is 5.77. The van der Waals surface area contributed by atoms with E-state index in [-0.39, 0.29) is 11.7 Å². The molecule has 1 aromatic heterocycles. The lowest BCUT2D eigenvalue weighted by Gasteiger charge is -2.05. The number of halogens is 1. The van der Waals surface area contributed by atoms with Gasteiger partial charge in [-0.05, 0) is 36.6 Å². The number of hydrogen-bond donors (Lipinski definition) is 1. The number of aromatic nitrogens is 2. The summed E-state index contributed by atoms with van der Waals surface area (Å²) in [5.41, 5.74) is 0.756. The maximum atomic E-state index is 12.8. The molecule has 0 aliphatic rings. The standard InChI is InChI=1S/C16H18FN3OS/c1-3-12(4-2)15-19-20-16(22-15)18-14(21)10-7-11-5-8-13(17)9-6-11/h5-10,12H,3-4H2,1-2H3,(H,18,20,21). The number of nitrogens with one attached hydrogen (secondary N) is 1. The SMILES string of the molecule is CCC(CC)c1nnc(NC(=O)C=Cc2ccc(F)cc2)s1. The minimum atomic E-state index is -0.301. The highest BCUT2D eigenvalue weighted by Gasteiger charge is 2.13. The minimum absolute atomic E-state index is 0.281. The summed E-state index contributed by atoms with van der Waals surface area (Å²) in [7, 11) is 0. The van der Waals surface area contributed by atoms with Crippen molar-refractivity contribution in [1.29, 1.82) is 0 Å². The summed E-state index contributed by atoms with van der Waals surface area (Å²) in [4.78, 5) is 11.8. The van der Waals surface area contributed by atoms with Crippen LogP contribution in [0.2, 0.25) is 0 Å². The van der Waals surface area contributed by atoms with Crippen LogP contribution in [-0.4, -0.2) is 16.1 Å². The summed E-state index contributed by atoms with van der Waals surface area (Å²) in [6, 6.07) is 5.92. The Morgan fingerprint density at radius 3 is 2.59 bits per heavy atom. The van der Waals surface area contributed by atoms with Crippen molar-refractivity contribution in [3.63, 3.8) is 0 Å². The van der Waals surface area contributed by atoms with E-state index in [4.69, 9.17) is 0 Å². The van der Waals surface area contributed by atoms with E-state index in [9.17, 15) is 9.18 Å². The number of benzene rings is 1. The number of carbonyl (C=O) groups is 1. The summed E-state index contributed by atoms with van der Waals surface area (Å²) in [6.45, 7) is 4.22. The summed E-state index contributed by atoms with van der Waals surface area (Å²) in [6.07, 6.45) is 5.02. The molecule has 0 atom stereocenters. The highest BCUT2D eigenvalue weighted by Crippen LogP contribution is 2.27. The first kappa shape index (κ1) is 16.3. The molecule has 0 bridgehead atoms. The topological polar surface area (TPSA) is 54.9 Å². The van der Waals surface area contributed by atoms with Crippen molar-refractivity contribution in [3.8, 4) is 0 Å². The predicted molar refractivity (Wildman–Crippen MR) is 87.3 cm³/mol. The third-order valence-electron chi connectivity index (χ3n) is 3.30. The molecular formula is C16H18FN3OS. The Hall–Kier alpha value is -2.08. The number of nitrogens with zero attached hydrogens (tertiary/aromatic N) is 2. The zero-order chi connectivity index (χ0) is 15.9. The lowest BCUT2D eigenvalue weighted by molar-refractivity contribution is -0.111. The second-order valence-corrected chi connectivity index (χ2v) is 5.84. The quantitative estimate of drug-likeness (QED) is 0.811. The van der Waals surface area contributed by atoms with Crippen molar-refractivity contribution in [2.45, 2.75) is 32.6 Å². The van der Waals surface area contributed by atoms with Crippen molar-refractivity contribution in [1.82, 2.24) is 10.2 Å². The fourth-order valence-electron chi connectivity index (χ4n) is 1.98. The maximum Gasteiger partial charge on any atom is 0.250 e. The van der Waals surface area contributed by atoms with E-state index < -0.39 is 0 Å². The van der Waals surface area contributed by atoms with Gasteiger partial charge in [-0.1, -0.05) is 37.3 Å². The number of anilines is 1. The van der Waals surface area contributed by atoms with Crippen LogP contribution < -0.4 is 5.32 Å². The molecule has 0 aliphatic carbocycles. The van der Waals surface area contributed by atoms with Gasteiger partial charge < -0.3 is 0 Å². The third kappa shape index (κ3) is 4.46. The van der Waals surface area contributed by atoms with Crippen LogP contribution in [0.15, 0.2) is 30.3 Å². The Morgan fingerprint density at radius 1 is 1.27 bits per heavy atom. The Balaban J connectivity index is 1.96. The first-order valence-corrected chi connectivity index (χ1v) is 8.02. The molecule has 0 unspecified atom stereocenters. The smallest absolute Gasteiger partial charge is 0.250 e. The van der Waals surface area contributed by atoms with Crippen LogP contribution in [0.4, 0.5) is 9.52 Å². The predicted octanol–water partition coefficient (Wildman–Crippen LogP) is 4.23. The molecule has 0 saturated carbocycles. The zero-order valence-corrected chi connectivity index (χ0v) is 13.4. The van der Waals surface area contributed by atoms with Gasteiger partial charge in [-0.25, -0.2) is 4.39 Å². The van der Waals surface area contributed by atoms with E-state index in [2.05, 4.69) is 29.4 Å². The van der Waals surface area contributed by atoms with Crippen LogP contribution in [0.1, 0.15) is 43.2 Å². The molecule has 0 saturated heterocycles. The van der Waals surface area contributed by atoms with Gasteiger partial charge in [-0.15, -0.1) is 10.2 Å². The molecule has 0 radical (unpaired) electrons. The average Bonchev–Trinajstić information content (AvgIpc) is 2.96. The van der Waals surface area contributed by atoms with Crippen molar-refractivity contribution in [3.05, 3.63) is 46.7 Å². The van der Waals surface area contributed by atoms with Crippen molar-refractivity contribution >= 4 is 28.5 Å². The number of rotatable bonds is 6. The molecule has 1 heterocycles. The monoisotopic (exact) mass is 319 g/mol. The fraction of sp³-hybridized carbons (Fsp3) is 0.312. The van der Waals surface area contributed by atoms with Crippen molar-refractivity contribution in [2.75, 3.05) is 5.32 Å². The first-order valence-electron chi connectivity index (χ1n) is 7.20. The maximum absolute atomic E-state index is 12.8. The molecular weight excluding hydrogens is 301 g/mol. The lowest BCUT2D eigenvalue weighted by Crippen LogP contribution is -2.07. The van der Waals surface area contributed by atoms with Gasteiger partial charge in [0.25, 0.3) is 0 Å². The molecule has 0 spiro atoms. The summed E-state index contributed by atoms with van der Waals surface area (Å²) >= 11 is 1.40. The summed E-state index contributed by atoms with van der Waals surface area (Å²) < 4.78 is 12.8. The van der Waals surface area contributed by atoms with Crippen LogP contribution in [0.25, 0.3) is 6.08 Å². The van der Waals surface area contributed by atoms with Gasteiger partial charge in [-0.3, -0.25) is 10.1 Å². The molecule has 6 heteroatoms. The molecule has 4 nitrogen and oxygen atoms in total. The molecule has 2 aromatic rings. The second-order valence-electron chi connectivity index (χ2n) is 4.83. The van der Waals surface area contributed by atoms with Gasteiger partial charge in [-0.2, -0.15) is 0 Å². The first-order chi connectivity index (χ1) is 10.6. The number of hydrogen-bond acceptors (Lipinski definition) is 4. The van der Waals surface area contributed by atoms with Crippen LogP contribution >= 0.6 is 11.3 Å². The fourth-order valence-corrected chi connectivity index (χ4v) is 2.99. The molecule has 1 aromatic carbocycles. The Morgan fingerprint density at radius 2 is 1.95 bits per heavy atom. The van der Waals surface area contributed by atoms with Gasteiger partial charge in [0.1, 0.15) is 10.8 Å². The van der Waals surface area contributed by atoms with Gasteiger partial charge in [0.2, 0.25) is 11.0 Å². The summed E-state index contributed by atoms with van der Waals surface area (Å²) in [5.74, 6) is -0.195. The van der Waals surface area contributed by atoms with E-state index in [0.717, 1.165) is 23.4 Å². The van der Waals surface area contributed by atoms with Crippen molar-refractivity contribution < 1.29 is 9.18 Å². The van der Waals surface area contributed by atoms with Crippen LogP contribution in [0, 0.1) is 5.82 Å². The van der Waals surface area contributed by atoms with Crippen LogP contribution in [0.5, 0.6) is 0 Å². The van der Waals surface area contributed by atoms with E-state index in [0.29, 0.717) is 11.0 Å². The molecule has 0 fully saturated rings. The number of carbonyl (C=O) groups excluding carboxylic acids is 1. The van der Waals surface area contributed by atoms with E-state index in [1.807, 2.05) is 0 Å². The summed E-state index contributed by atoms with van der Waals surface area (Å²) in [5, 5.41) is 12.3. The van der Waals surface area contributed by atoms with E-state index in [1.165, 1.54) is 29.5 Å². The third-order valence-corrected chi connectivity index (χ3v) is 4.30. The highest BCUT2D eigenvalue weighted by molar-refractivity contribution is 7.15. The van der Waals surface area contributed by atoms with E-state index in [1.54, 1.807) is 18.2 Å². The zero-order valence-electron chi connectivity index (χ0n) is 12.5. The molecule has 0 aliphatic heterocycles. The molecule has 22 heavy (non-hydrogen) atoms. The van der Waals surface area contributed by atoms with Gasteiger partial charge in [0.15, 0.2) is 0 Å². The van der Waals surface area contributed by atoms with Gasteiger partial charge in [0, 0.05) is 12.0 Å². The van der Waals surface area contributed by atoms with Crippen LogP contribution in [-0.2, 0) is 4.79 Å². The second kappa shape index (κ2) is 7.79. The largest absolute Gasteiger partial charge is 0.297 e. The molecule has 1 N–H and O–H groups in total. The van der Waals surface area contributed by atoms with Gasteiger partial charge in [0.05, 0.1) is 0 Å². The Labute approximate surface area is 133 Å². The van der Waals surface area contributed by atoms with Crippen molar-refractivity contribution in [2.24, 2.45) is 0 Å². The Bertz CT molecular complexity index is 648. The van der Waals surface area contributed by atoms with Gasteiger partial charge >= 0.3 is 0 Å². The molecule has 116 valence electrons.